The summed E-state index contributed by atoms with van der Waals surface area (Å²) < 4.78 is 40.9. The Morgan fingerprint density at radius 2 is 1.74 bits per heavy atom. The molecule has 0 aromatic heterocycles. The highest BCUT2D eigenvalue weighted by molar-refractivity contribution is 9.10. The van der Waals surface area contributed by atoms with Gasteiger partial charge >= 0.3 is 0 Å². The first-order valence-electron chi connectivity index (χ1n) is 13.8. The van der Waals surface area contributed by atoms with Crippen LogP contribution in [0.15, 0.2) is 107 Å². The van der Waals surface area contributed by atoms with E-state index in [-0.39, 0.29) is 31.0 Å². The Kier molecular flexibility index (Phi) is 9.81. The van der Waals surface area contributed by atoms with Gasteiger partial charge in [0.15, 0.2) is 11.6 Å². The third kappa shape index (κ3) is 7.10. The van der Waals surface area contributed by atoms with Crippen LogP contribution in [0.1, 0.15) is 34.8 Å². The number of nitrogens with one attached hydrogen (secondary N) is 2. The molecule has 4 aromatic carbocycles. The van der Waals surface area contributed by atoms with E-state index in [1.165, 1.54) is 0 Å². The maximum absolute atomic E-state index is 14.3. The van der Waals surface area contributed by atoms with Crippen molar-refractivity contribution in [3.05, 3.63) is 135 Å². The van der Waals surface area contributed by atoms with Gasteiger partial charge in [0, 0.05) is 47.2 Å². The summed E-state index contributed by atoms with van der Waals surface area (Å²) in [6, 6.07) is 27.2. The monoisotopic (exact) mass is 649 g/mol. The number of nitrogens with zero attached hydrogens (tertiary/aromatic N) is 1. The van der Waals surface area contributed by atoms with E-state index < -0.39 is 29.2 Å². The van der Waals surface area contributed by atoms with Crippen molar-refractivity contribution in [2.45, 2.75) is 31.0 Å². The second-order valence-electron chi connectivity index (χ2n) is 10.0. The number of hydrogen-bond donors (Lipinski definition) is 3. The molecule has 0 bridgehead atoms. The van der Waals surface area contributed by atoms with Crippen LogP contribution < -0.4 is 15.6 Å². The molecule has 7 nitrogen and oxygen atoms in total. The van der Waals surface area contributed by atoms with E-state index in [0.29, 0.717) is 29.9 Å². The van der Waals surface area contributed by atoms with Gasteiger partial charge in [-0.05, 0) is 54.1 Å². The molecule has 0 saturated carbocycles. The van der Waals surface area contributed by atoms with E-state index >= 15 is 0 Å². The number of benzene rings is 4. The van der Waals surface area contributed by atoms with Crippen LogP contribution in [0.3, 0.4) is 0 Å². The van der Waals surface area contributed by atoms with E-state index in [4.69, 9.17) is 19.6 Å². The molecule has 1 aliphatic heterocycles. The van der Waals surface area contributed by atoms with Gasteiger partial charge in [-0.1, -0.05) is 64.5 Å². The number of aliphatic imine (C=N–C) groups is 1. The predicted molar refractivity (Wildman–Crippen MR) is 162 cm³/mol. The van der Waals surface area contributed by atoms with E-state index in [9.17, 15) is 13.6 Å². The Hall–Kier alpha value is -4.12. The van der Waals surface area contributed by atoms with Gasteiger partial charge < -0.3 is 14.6 Å². The molecule has 1 heterocycles. The average Bonchev–Trinajstić information content (AvgIpc) is 3.40. The van der Waals surface area contributed by atoms with Crippen LogP contribution in [-0.2, 0) is 22.5 Å². The van der Waals surface area contributed by atoms with Gasteiger partial charge in [0.25, 0.3) is 5.91 Å². The number of carbonyl (C=O) groups excluding carboxylic acids is 1. The minimum Gasteiger partial charge on any atom is -0.494 e. The smallest absolute Gasteiger partial charge is 0.266 e. The van der Waals surface area contributed by atoms with Crippen molar-refractivity contribution in [1.29, 1.82) is 0 Å². The fourth-order valence-electron chi connectivity index (χ4n) is 4.86. The first-order valence-corrected chi connectivity index (χ1v) is 14.5. The zero-order valence-corrected chi connectivity index (χ0v) is 24.7. The number of aliphatic hydroxyl groups excluding tert-OH is 1. The van der Waals surface area contributed by atoms with Crippen molar-refractivity contribution in [2.75, 3.05) is 13.2 Å². The van der Waals surface area contributed by atoms with Gasteiger partial charge in [-0.2, -0.15) is 0 Å². The van der Waals surface area contributed by atoms with Crippen LogP contribution in [0.25, 0.3) is 0 Å². The van der Waals surface area contributed by atoms with Gasteiger partial charge in [0.05, 0.1) is 6.61 Å². The molecule has 3 N–H and O–H groups in total. The third-order valence-corrected chi connectivity index (χ3v) is 7.74. The summed E-state index contributed by atoms with van der Waals surface area (Å²) in [6.45, 7) is 0.270. The average molecular weight is 651 g/mol. The Balaban J connectivity index is 1.51. The quantitative estimate of drug-likeness (QED) is 0.133. The number of aliphatic hydroxyl groups is 1. The summed E-state index contributed by atoms with van der Waals surface area (Å²) in [5, 5.41) is 9.02. The van der Waals surface area contributed by atoms with Crippen molar-refractivity contribution in [3.8, 4) is 5.75 Å². The molecule has 0 aliphatic carbocycles. The number of hydrazine groups is 1. The second kappa shape index (κ2) is 13.9. The molecule has 0 radical (unpaired) electrons. The van der Waals surface area contributed by atoms with E-state index in [1.807, 2.05) is 54.6 Å². The minimum absolute atomic E-state index is 0.0385. The molecule has 0 fully saturated rings. The number of ether oxygens (including phenoxy) is 2. The molecular weight excluding hydrogens is 620 g/mol. The van der Waals surface area contributed by atoms with Crippen molar-refractivity contribution in [1.82, 2.24) is 10.9 Å². The molecule has 1 aliphatic rings. The lowest BCUT2D eigenvalue weighted by Crippen LogP contribution is -2.53. The topological polar surface area (TPSA) is 92.2 Å². The van der Waals surface area contributed by atoms with Gasteiger partial charge in [0.1, 0.15) is 17.4 Å². The molecule has 0 spiro atoms. The summed E-state index contributed by atoms with van der Waals surface area (Å²) in [6.07, 6.45) is -0.137. The highest BCUT2D eigenvalue weighted by Gasteiger charge is 2.53. The zero-order chi connectivity index (χ0) is 30.2. The lowest BCUT2D eigenvalue weighted by Gasteiger charge is -2.31. The Morgan fingerprint density at radius 3 is 2.49 bits per heavy atom. The van der Waals surface area contributed by atoms with Gasteiger partial charge in [-0.25, -0.2) is 19.2 Å². The normalized spacial score (nSPS) is 17.7. The Labute approximate surface area is 256 Å². The van der Waals surface area contributed by atoms with Crippen molar-refractivity contribution in [3.63, 3.8) is 0 Å². The van der Waals surface area contributed by atoms with Gasteiger partial charge in [-0.15, -0.1) is 0 Å². The van der Waals surface area contributed by atoms with E-state index in [0.717, 1.165) is 28.2 Å². The highest BCUT2D eigenvalue weighted by atomic mass is 79.9. The summed E-state index contributed by atoms with van der Waals surface area (Å²) in [7, 11) is 0. The summed E-state index contributed by atoms with van der Waals surface area (Å²) in [5.41, 5.74) is 6.23. The SMILES string of the molecule is O=C(NNCc1cc(F)ccc1F)[C@@]1(Cc2ccccc2)N=C(c2ccc(OCCCO)cc2)O[C@H]1c1ccccc1Br. The van der Waals surface area contributed by atoms with Crippen LogP contribution >= 0.6 is 15.9 Å². The summed E-state index contributed by atoms with van der Waals surface area (Å²) in [4.78, 5) is 19.2. The van der Waals surface area contributed by atoms with Crippen LogP contribution in [0.2, 0.25) is 0 Å². The Bertz CT molecular complexity index is 1590. The maximum atomic E-state index is 14.3. The molecule has 43 heavy (non-hydrogen) atoms. The zero-order valence-electron chi connectivity index (χ0n) is 23.1. The standard InChI is InChI=1S/C33H30BrF2N3O4/c34-28-10-5-4-9-27(28)30-33(20-22-7-2-1-3-8-22,32(41)39-37-21-24-19-25(35)13-16-29(24)36)38-31(43-30)23-11-14-26(15-12-23)42-18-6-17-40/h1-5,7-16,19,30,37,40H,6,17-18,20-21H2,(H,39,41)/t30-,33-/m0/s1. The third-order valence-electron chi connectivity index (χ3n) is 7.02. The molecule has 222 valence electrons. The lowest BCUT2D eigenvalue weighted by molar-refractivity contribution is -0.130. The molecule has 1 amide bonds. The number of hydrogen-bond acceptors (Lipinski definition) is 6. The summed E-state index contributed by atoms with van der Waals surface area (Å²) >= 11 is 3.62. The number of carbonyl (C=O) groups is 1. The van der Waals surface area contributed by atoms with E-state index in [2.05, 4.69) is 26.8 Å². The summed E-state index contributed by atoms with van der Waals surface area (Å²) in [5.74, 6) is -0.790. The molecule has 10 heteroatoms. The molecule has 4 aromatic rings. The predicted octanol–water partition coefficient (Wildman–Crippen LogP) is 5.81. The maximum Gasteiger partial charge on any atom is 0.266 e. The highest BCUT2D eigenvalue weighted by Crippen LogP contribution is 2.44. The lowest BCUT2D eigenvalue weighted by atomic mass is 9.82. The van der Waals surface area contributed by atoms with Gasteiger partial charge in [0.2, 0.25) is 5.90 Å². The van der Waals surface area contributed by atoms with Crippen molar-refractivity contribution < 1.29 is 28.2 Å². The largest absolute Gasteiger partial charge is 0.494 e. The number of rotatable bonds is 12. The minimum atomic E-state index is -1.48. The van der Waals surface area contributed by atoms with Crippen LogP contribution in [-0.4, -0.2) is 35.7 Å². The van der Waals surface area contributed by atoms with E-state index in [1.54, 1.807) is 24.3 Å². The first-order chi connectivity index (χ1) is 20.9. The molecule has 0 unspecified atom stereocenters. The number of halogens is 3. The molecule has 2 atom stereocenters. The first kappa shape index (κ1) is 30.3. The number of amides is 1. The molecule has 5 rings (SSSR count). The fraction of sp³-hybridized carbons (Fsp3) is 0.212. The van der Waals surface area contributed by atoms with Gasteiger partial charge in [-0.3, -0.25) is 10.2 Å². The Morgan fingerprint density at radius 1 is 1.00 bits per heavy atom. The molecule has 0 saturated heterocycles. The second-order valence-corrected chi connectivity index (χ2v) is 10.9. The van der Waals surface area contributed by atoms with Crippen LogP contribution in [0.5, 0.6) is 5.75 Å². The fourth-order valence-corrected chi connectivity index (χ4v) is 5.35. The molecular formula is C33H30BrF2N3O4. The van der Waals surface area contributed by atoms with Crippen LogP contribution in [0, 0.1) is 11.6 Å². The van der Waals surface area contributed by atoms with Crippen molar-refractivity contribution in [2.24, 2.45) is 4.99 Å². The van der Waals surface area contributed by atoms with Crippen molar-refractivity contribution >= 4 is 27.7 Å². The van der Waals surface area contributed by atoms with Crippen LogP contribution in [0.4, 0.5) is 8.78 Å².